The summed E-state index contributed by atoms with van der Waals surface area (Å²) in [5.74, 6) is -0.494. The molecule has 0 spiro atoms. The van der Waals surface area contributed by atoms with Gasteiger partial charge in [0.25, 0.3) is 0 Å². The van der Waals surface area contributed by atoms with Crippen LogP contribution in [0.3, 0.4) is 0 Å². The normalized spacial score (nSPS) is 17.2. The van der Waals surface area contributed by atoms with Crippen molar-refractivity contribution in [3.05, 3.63) is 63.8 Å². The molecule has 2 heterocycles. The third kappa shape index (κ3) is 4.94. The van der Waals surface area contributed by atoms with Crippen LogP contribution in [-0.4, -0.2) is 34.7 Å². The molecule has 1 aliphatic heterocycles. The molecule has 3 aromatic rings. The molecule has 170 valence electrons. The van der Waals surface area contributed by atoms with E-state index in [0.29, 0.717) is 35.4 Å². The van der Waals surface area contributed by atoms with Crippen molar-refractivity contribution in [2.75, 3.05) is 6.54 Å². The molecule has 0 saturated carbocycles. The van der Waals surface area contributed by atoms with Crippen molar-refractivity contribution in [3.63, 3.8) is 0 Å². The van der Waals surface area contributed by atoms with Crippen LogP contribution in [-0.2, 0) is 24.4 Å². The van der Waals surface area contributed by atoms with Gasteiger partial charge in [0.1, 0.15) is 24.0 Å². The van der Waals surface area contributed by atoms with E-state index in [1.807, 2.05) is 6.07 Å². The number of fused-ring (bicyclic) bond motifs is 1. The van der Waals surface area contributed by atoms with Crippen LogP contribution in [0.15, 0.2) is 51.6 Å². The molecule has 4 rings (SSSR count). The molecule has 2 aromatic carbocycles. The Labute approximate surface area is 190 Å². The smallest absolute Gasteiger partial charge is 0.404 e. The number of halogens is 4. The third-order valence-electron chi connectivity index (χ3n) is 5.61. The van der Waals surface area contributed by atoms with E-state index in [1.54, 1.807) is 30.3 Å². The Bertz CT molecular complexity index is 1130. The van der Waals surface area contributed by atoms with Gasteiger partial charge in [0.05, 0.1) is 12.7 Å². The lowest BCUT2D eigenvalue weighted by Gasteiger charge is -2.26. The van der Waals surface area contributed by atoms with E-state index in [0.717, 1.165) is 15.4 Å². The van der Waals surface area contributed by atoms with Gasteiger partial charge in [0.2, 0.25) is 0 Å². The van der Waals surface area contributed by atoms with Gasteiger partial charge in [0, 0.05) is 33.1 Å². The number of carbonyl (C=O) groups is 1. The summed E-state index contributed by atoms with van der Waals surface area (Å²) in [5.41, 5.74) is 2.48. The highest BCUT2D eigenvalue weighted by molar-refractivity contribution is 9.10. The quantitative estimate of drug-likeness (QED) is 0.426. The highest BCUT2D eigenvalue weighted by Crippen LogP contribution is 2.36. The van der Waals surface area contributed by atoms with Crippen molar-refractivity contribution >= 4 is 32.9 Å². The first-order valence-electron chi connectivity index (χ1n) is 10.1. The van der Waals surface area contributed by atoms with Crippen LogP contribution in [0.25, 0.3) is 11.0 Å². The van der Waals surface area contributed by atoms with Gasteiger partial charge in [-0.1, -0.05) is 34.1 Å². The highest BCUT2D eigenvalue weighted by atomic mass is 79.9. The van der Waals surface area contributed by atoms with Crippen LogP contribution in [0, 0.1) is 0 Å². The molecule has 1 unspecified atom stereocenters. The summed E-state index contributed by atoms with van der Waals surface area (Å²) < 4.78 is 52.4. The van der Waals surface area contributed by atoms with Gasteiger partial charge in [-0.3, -0.25) is 9.69 Å². The van der Waals surface area contributed by atoms with E-state index in [2.05, 4.69) is 15.9 Å². The average Bonchev–Trinajstić information content (AvgIpc) is 3.34. The molecule has 1 N–H and O–H groups in total. The minimum atomic E-state index is -4.26. The number of ether oxygens (including phenoxy) is 1. The highest BCUT2D eigenvalue weighted by Gasteiger charge is 2.45. The van der Waals surface area contributed by atoms with Crippen molar-refractivity contribution in [2.45, 2.75) is 44.6 Å². The van der Waals surface area contributed by atoms with Gasteiger partial charge in [0.15, 0.2) is 0 Å². The molecule has 5 nitrogen and oxygen atoms in total. The second-order valence-electron chi connectivity index (χ2n) is 7.84. The molecule has 1 fully saturated rings. The number of hydrogen-bond acceptors (Lipinski definition) is 4. The zero-order valence-electron chi connectivity index (χ0n) is 17.0. The Morgan fingerprint density at radius 1 is 1.22 bits per heavy atom. The molecule has 1 aliphatic rings. The minimum absolute atomic E-state index is 0.105. The van der Waals surface area contributed by atoms with Gasteiger partial charge < -0.3 is 14.3 Å². The number of para-hydroxylation sites is 1. The summed E-state index contributed by atoms with van der Waals surface area (Å²) >= 11 is 3.45. The number of hydrogen-bond donors (Lipinski definition) is 1. The molecule has 1 saturated heterocycles. The van der Waals surface area contributed by atoms with Crippen molar-refractivity contribution < 1.29 is 32.2 Å². The van der Waals surface area contributed by atoms with E-state index in [4.69, 9.17) is 14.3 Å². The van der Waals surface area contributed by atoms with Crippen LogP contribution in [0.4, 0.5) is 13.2 Å². The Kier molecular flexibility index (Phi) is 6.48. The van der Waals surface area contributed by atoms with Gasteiger partial charge in [-0.2, -0.15) is 13.2 Å². The number of likely N-dealkylation sites (tertiary alicyclic amines) is 1. The SMILES string of the molecule is O=C(O)Cc1ccccc1OCc1coc2c(CN3CCCC3C(F)(F)F)cc(Br)cc12. The van der Waals surface area contributed by atoms with Crippen LogP contribution < -0.4 is 4.74 Å². The zero-order valence-corrected chi connectivity index (χ0v) is 18.6. The average molecular weight is 512 g/mol. The maximum Gasteiger partial charge on any atom is 0.404 e. The Balaban J connectivity index is 1.57. The summed E-state index contributed by atoms with van der Waals surface area (Å²) in [5, 5.41) is 9.83. The fourth-order valence-electron chi connectivity index (χ4n) is 4.16. The lowest BCUT2D eigenvalue weighted by Crippen LogP contribution is -2.40. The fourth-order valence-corrected chi connectivity index (χ4v) is 4.67. The molecule has 1 atom stereocenters. The van der Waals surface area contributed by atoms with Crippen molar-refractivity contribution in [2.24, 2.45) is 0 Å². The van der Waals surface area contributed by atoms with Crippen LogP contribution >= 0.6 is 15.9 Å². The summed E-state index contributed by atoms with van der Waals surface area (Å²) in [6.07, 6.45) is -2.27. The molecule has 0 amide bonds. The van der Waals surface area contributed by atoms with Gasteiger partial charge in [-0.25, -0.2) is 0 Å². The lowest BCUT2D eigenvalue weighted by atomic mass is 10.1. The maximum absolute atomic E-state index is 13.4. The number of rotatable bonds is 7. The summed E-state index contributed by atoms with van der Waals surface area (Å²) in [4.78, 5) is 12.5. The number of alkyl halides is 3. The van der Waals surface area contributed by atoms with Crippen molar-refractivity contribution in [1.29, 1.82) is 0 Å². The predicted molar refractivity (Wildman–Crippen MR) is 116 cm³/mol. The summed E-state index contributed by atoms with van der Waals surface area (Å²) in [7, 11) is 0. The lowest BCUT2D eigenvalue weighted by molar-refractivity contribution is -0.177. The standard InChI is InChI=1S/C23H21BrF3NO4/c24-17-8-15(11-28-7-3-6-20(28)23(25,26)27)22-18(10-17)16(13-32-22)12-31-19-5-2-1-4-14(19)9-21(29)30/h1-2,4-5,8,10,13,20H,3,6-7,9,11-12H2,(H,29,30). The monoisotopic (exact) mass is 511 g/mol. The largest absolute Gasteiger partial charge is 0.488 e. The number of carboxylic acid groups (broad SMARTS) is 1. The number of aliphatic carboxylic acids is 1. The van der Waals surface area contributed by atoms with Crippen molar-refractivity contribution in [3.8, 4) is 5.75 Å². The second-order valence-corrected chi connectivity index (χ2v) is 8.76. The van der Waals surface area contributed by atoms with Crippen LogP contribution in [0.5, 0.6) is 5.75 Å². The van der Waals surface area contributed by atoms with E-state index in [1.165, 1.54) is 11.2 Å². The predicted octanol–water partition coefficient (Wildman–Crippen LogP) is 5.93. The summed E-state index contributed by atoms with van der Waals surface area (Å²) in [6.45, 7) is 0.652. The third-order valence-corrected chi connectivity index (χ3v) is 6.07. The molecule has 9 heteroatoms. The van der Waals surface area contributed by atoms with Gasteiger partial charge in [-0.15, -0.1) is 0 Å². The fraction of sp³-hybridized carbons (Fsp3) is 0.348. The minimum Gasteiger partial charge on any atom is -0.488 e. The first-order chi connectivity index (χ1) is 15.2. The molecule has 0 radical (unpaired) electrons. The van der Waals surface area contributed by atoms with Crippen LogP contribution in [0.2, 0.25) is 0 Å². The molecule has 1 aromatic heterocycles. The number of nitrogens with zero attached hydrogens (tertiary/aromatic N) is 1. The van der Waals surface area contributed by atoms with E-state index in [9.17, 15) is 18.0 Å². The van der Waals surface area contributed by atoms with Gasteiger partial charge in [-0.05, 0) is 37.6 Å². The molecule has 0 bridgehead atoms. The molecule has 32 heavy (non-hydrogen) atoms. The Morgan fingerprint density at radius 3 is 2.75 bits per heavy atom. The molecular formula is C23H21BrF3NO4. The second kappa shape index (κ2) is 9.15. The first kappa shape index (κ1) is 22.7. The molecule has 0 aliphatic carbocycles. The Hall–Kier alpha value is -2.52. The zero-order chi connectivity index (χ0) is 22.9. The summed E-state index contributed by atoms with van der Waals surface area (Å²) in [6, 6.07) is 9.08. The van der Waals surface area contributed by atoms with E-state index < -0.39 is 18.2 Å². The van der Waals surface area contributed by atoms with Crippen molar-refractivity contribution in [1.82, 2.24) is 4.90 Å². The van der Waals surface area contributed by atoms with Gasteiger partial charge >= 0.3 is 12.1 Å². The number of benzene rings is 2. The van der Waals surface area contributed by atoms with E-state index in [-0.39, 0.29) is 26.0 Å². The number of furan rings is 1. The van der Waals surface area contributed by atoms with E-state index >= 15 is 0 Å². The Morgan fingerprint density at radius 2 is 2.00 bits per heavy atom. The maximum atomic E-state index is 13.4. The van der Waals surface area contributed by atoms with Crippen LogP contribution in [0.1, 0.15) is 29.5 Å². The molecular weight excluding hydrogens is 491 g/mol. The number of carboxylic acids is 1. The first-order valence-corrected chi connectivity index (χ1v) is 10.9. The topological polar surface area (TPSA) is 62.9 Å².